The fourth-order valence-corrected chi connectivity index (χ4v) is 5.65. The maximum Gasteiger partial charge on any atom is 0.229 e. The van der Waals surface area contributed by atoms with E-state index in [1.165, 1.54) is 12.1 Å². The molecular formula is C23H31ClFNO3S. The first-order valence-electron chi connectivity index (χ1n) is 10.6. The van der Waals surface area contributed by atoms with Crippen molar-refractivity contribution in [2.75, 3.05) is 5.75 Å². The predicted octanol–water partition coefficient (Wildman–Crippen LogP) is 5.06. The molecule has 0 radical (unpaired) electrons. The van der Waals surface area contributed by atoms with Crippen LogP contribution >= 0.6 is 11.6 Å². The molecule has 0 aromatic heterocycles. The summed E-state index contributed by atoms with van der Waals surface area (Å²) in [6.45, 7) is 7.65. The lowest BCUT2D eigenvalue weighted by atomic mass is 9.74. The average molecular weight is 456 g/mol. The minimum atomic E-state index is -1.13. The number of likely N-dealkylation sites (tertiary alicyclic amines) is 1. The van der Waals surface area contributed by atoms with E-state index in [4.69, 9.17) is 11.6 Å². The van der Waals surface area contributed by atoms with E-state index in [2.05, 4.69) is 0 Å². The van der Waals surface area contributed by atoms with Crippen molar-refractivity contribution in [3.05, 3.63) is 34.6 Å². The molecule has 3 unspecified atom stereocenters. The van der Waals surface area contributed by atoms with Crippen molar-refractivity contribution in [3.63, 3.8) is 0 Å². The Bertz CT molecular complexity index is 851. The Kier molecular flexibility index (Phi) is 6.78. The van der Waals surface area contributed by atoms with Gasteiger partial charge in [0.15, 0.2) is 0 Å². The molecule has 166 valence electrons. The molecule has 1 amide bonds. The van der Waals surface area contributed by atoms with Crippen LogP contribution < -0.4 is 0 Å². The second-order valence-corrected chi connectivity index (χ2v) is 12.6. The number of aldehydes is 1. The van der Waals surface area contributed by atoms with Gasteiger partial charge in [0, 0.05) is 33.8 Å². The third-order valence-electron chi connectivity index (χ3n) is 6.45. The van der Waals surface area contributed by atoms with Gasteiger partial charge in [-0.2, -0.15) is 0 Å². The lowest BCUT2D eigenvalue weighted by molar-refractivity contribution is -0.154. The van der Waals surface area contributed by atoms with E-state index in [-0.39, 0.29) is 34.2 Å². The van der Waals surface area contributed by atoms with E-state index in [9.17, 15) is 18.2 Å². The molecule has 2 aliphatic rings. The molecule has 4 atom stereocenters. The molecular weight excluding hydrogens is 425 g/mol. The summed E-state index contributed by atoms with van der Waals surface area (Å²) in [5, 5.41) is 0.0470. The van der Waals surface area contributed by atoms with Gasteiger partial charge in [-0.3, -0.25) is 9.00 Å². The maximum atomic E-state index is 14.2. The zero-order chi connectivity index (χ0) is 22.3. The number of carbonyl (C=O) groups excluding carboxylic acids is 2. The number of hydrogen-bond donors (Lipinski definition) is 0. The van der Waals surface area contributed by atoms with Crippen molar-refractivity contribution >= 4 is 34.6 Å². The van der Waals surface area contributed by atoms with Gasteiger partial charge in [-0.1, -0.05) is 24.6 Å². The summed E-state index contributed by atoms with van der Waals surface area (Å²) < 4.78 is 26.9. The molecule has 1 aliphatic carbocycles. The van der Waals surface area contributed by atoms with E-state index in [1.807, 2.05) is 32.6 Å². The van der Waals surface area contributed by atoms with Crippen molar-refractivity contribution in [3.8, 4) is 0 Å². The number of hydrogen-bond acceptors (Lipinski definition) is 3. The molecule has 4 nitrogen and oxygen atoms in total. The van der Waals surface area contributed by atoms with Crippen LogP contribution in [0.1, 0.15) is 71.4 Å². The molecule has 0 spiro atoms. The summed E-state index contributed by atoms with van der Waals surface area (Å²) in [5.41, 5.74) is -0.0786. The van der Waals surface area contributed by atoms with E-state index < -0.39 is 22.0 Å². The maximum absolute atomic E-state index is 14.2. The van der Waals surface area contributed by atoms with Crippen molar-refractivity contribution < 1.29 is 18.2 Å². The molecule has 1 aliphatic heterocycles. The monoisotopic (exact) mass is 455 g/mol. The number of halogens is 2. The first-order chi connectivity index (χ1) is 14.0. The molecule has 2 fully saturated rings. The summed E-state index contributed by atoms with van der Waals surface area (Å²) in [6, 6.07) is 4.19. The zero-order valence-corrected chi connectivity index (χ0v) is 19.7. The molecule has 30 heavy (non-hydrogen) atoms. The molecule has 1 saturated carbocycles. The number of piperidine rings is 1. The Labute approximate surface area is 186 Å². The topological polar surface area (TPSA) is 54.5 Å². The van der Waals surface area contributed by atoms with Gasteiger partial charge in [-0.05, 0) is 70.1 Å². The van der Waals surface area contributed by atoms with Crippen molar-refractivity contribution in [1.82, 2.24) is 4.90 Å². The van der Waals surface area contributed by atoms with E-state index >= 15 is 0 Å². The number of rotatable bonds is 7. The predicted molar refractivity (Wildman–Crippen MR) is 118 cm³/mol. The molecule has 1 heterocycles. The van der Waals surface area contributed by atoms with E-state index in [0.717, 1.165) is 19.1 Å². The normalized spacial score (nSPS) is 27.1. The lowest BCUT2D eigenvalue weighted by Gasteiger charge is -2.48. The van der Waals surface area contributed by atoms with Crippen LogP contribution in [0.15, 0.2) is 18.2 Å². The van der Waals surface area contributed by atoms with Gasteiger partial charge < -0.3 is 9.69 Å². The standard InChI is InChI=1S/C23H31ClFNO3S/c1-22(2,3)30(29)14-20(15-5-6-15)26-19(16-7-8-17(24)18(25)13-16)9-10-23(4,11-12-27)21(26)28/h7-8,12-13,15,19-20H,5-6,9-11,14H2,1-4H3/t19?,20?,23-,30?/m1/s1. The van der Waals surface area contributed by atoms with E-state index in [0.29, 0.717) is 30.1 Å². The lowest BCUT2D eigenvalue weighted by Crippen LogP contribution is -2.56. The summed E-state index contributed by atoms with van der Waals surface area (Å²) in [6.07, 6.45) is 4.11. The first kappa shape index (κ1) is 23.4. The summed E-state index contributed by atoms with van der Waals surface area (Å²) in [7, 11) is -1.13. The van der Waals surface area contributed by atoms with E-state index in [1.54, 1.807) is 6.07 Å². The summed E-state index contributed by atoms with van der Waals surface area (Å²) >= 11 is 5.88. The van der Waals surface area contributed by atoms with Gasteiger partial charge in [-0.25, -0.2) is 4.39 Å². The van der Waals surface area contributed by atoms with Crippen LogP contribution in [0.2, 0.25) is 5.02 Å². The minimum Gasteiger partial charge on any atom is -0.331 e. The quantitative estimate of drug-likeness (QED) is 0.540. The molecule has 3 rings (SSSR count). The molecule has 1 saturated heterocycles. The Balaban J connectivity index is 2.03. The van der Waals surface area contributed by atoms with Gasteiger partial charge >= 0.3 is 0 Å². The van der Waals surface area contributed by atoms with Crippen molar-refractivity contribution in [2.45, 2.75) is 76.6 Å². The Morgan fingerprint density at radius 2 is 2.00 bits per heavy atom. The Hall–Kier alpha value is -1.27. The number of benzene rings is 1. The Morgan fingerprint density at radius 3 is 2.53 bits per heavy atom. The van der Waals surface area contributed by atoms with Crippen molar-refractivity contribution in [1.29, 1.82) is 0 Å². The SMILES string of the molecule is CC(C)(C)S(=O)CC(C1CC1)N1C(=O)[C@@](C)(CC=O)CCC1c1ccc(Cl)c(F)c1. The summed E-state index contributed by atoms with van der Waals surface area (Å²) in [5.74, 6) is 0.0791. The third kappa shape index (κ3) is 4.80. The fraction of sp³-hybridized carbons (Fsp3) is 0.652. The third-order valence-corrected chi connectivity index (χ3v) is 8.76. The number of nitrogens with zero attached hydrogens (tertiary/aromatic N) is 1. The first-order valence-corrected chi connectivity index (χ1v) is 12.3. The van der Waals surface area contributed by atoms with Crippen LogP contribution in [0.3, 0.4) is 0 Å². The highest BCUT2D eigenvalue weighted by atomic mass is 35.5. The molecule has 1 aromatic carbocycles. The van der Waals surface area contributed by atoms with Crippen LogP contribution in [0.5, 0.6) is 0 Å². The van der Waals surface area contributed by atoms with Crippen LogP contribution in [-0.2, 0) is 20.4 Å². The second kappa shape index (κ2) is 8.70. The van der Waals surface area contributed by atoms with Crippen LogP contribution in [0, 0.1) is 17.2 Å². The summed E-state index contributed by atoms with van der Waals surface area (Å²) in [4.78, 5) is 26.9. The number of amides is 1. The van der Waals surface area contributed by atoms with Crippen LogP contribution in [0.4, 0.5) is 4.39 Å². The molecule has 1 aromatic rings. The van der Waals surface area contributed by atoms with Gasteiger partial charge in [0.05, 0.1) is 16.5 Å². The van der Waals surface area contributed by atoms with Gasteiger partial charge in [0.25, 0.3) is 0 Å². The molecule has 7 heteroatoms. The smallest absolute Gasteiger partial charge is 0.229 e. The number of carbonyl (C=O) groups is 2. The van der Waals surface area contributed by atoms with Crippen LogP contribution in [0.25, 0.3) is 0 Å². The fourth-order valence-electron chi connectivity index (χ4n) is 4.29. The average Bonchev–Trinajstić information content (AvgIpc) is 3.49. The van der Waals surface area contributed by atoms with Gasteiger partial charge in [-0.15, -0.1) is 0 Å². The molecule has 0 bridgehead atoms. The van der Waals surface area contributed by atoms with Crippen LogP contribution in [-0.4, -0.2) is 37.8 Å². The molecule has 0 N–H and O–H groups in total. The highest BCUT2D eigenvalue weighted by molar-refractivity contribution is 7.86. The Morgan fingerprint density at radius 1 is 1.33 bits per heavy atom. The largest absolute Gasteiger partial charge is 0.331 e. The zero-order valence-electron chi connectivity index (χ0n) is 18.1. The van der Waals surface area contributed by atoms with Crippen molar-refractivity contribution in [2.24, 2.45) is 11.3 Å². The highest BCUT2D eigenvalue weighted by Gasteiger charge is 2.50. The minimum absolute atomic E-state index is 0.0470. The second-order valence-electron chi connectivity index (χ2n) is 9.90. The van der Waals surface area contributed by atoms with Gasteiger partial charge in [0.1, 0.15) is 12.1 Å². The highest BCUT2D eigenvalue weighted by Crippen LogP contribution is 2.48. The van der Waals surface area contributed by atoms with Gasteiger partial charge in [0.2, 0.25) is 5.91 Å².